The van der Waals surface area contributed by atoms with E-state index in [1.165, 1.54) is 31.2 Å². The molecule has 0 heterocycles. The molecule has 0 aromatic heterocycles. The van der Waals surface area contributed by atoms with E-state index >= 15 is 0 Å². The van der Waals surface area contributed by atoms with Gasteiger partial charge in [-0.05, 0) is 25.1 Å². The van der Waals surface area contributed by atoms with Crippen molar-refractivity contribution in [1.82, 2.24) is 0 Å². The highest BCUT2D eigenvalue weighted by Crippen LogP contribution is 2.25. The van der Waals surface area contributed by atoms with Crippen molar-refractivity contribution in [3.63, 3.8) is 0 Å². The fourth-order valence-electron chi connectivity index (χ4n) is 2.10. The minimum absolute atomic E-state index is 0.125. The van der Waals surface area contributed by atoms with Crippen LogP contribution in [0, 0.1) is 33.0 Å². The number of anilines is 2. The lowest BCUT2D eigenvalue weighted by Crippen LogP contribution is -2.22. The fraction of sp³-hybridized carbons (Fsp3) is 0.133. The van der Waals surface area contributed by atoms with Crippen molar-refractivity contribution in [2.75, 3.05) is 17.2 Å². The highest BCUT2D eigenvalue weighted by atomic mass is 19.1. The third-order valence-electron chi connectivity index (χ3n) is 3.37. The van der Waals surface area contributed by atoms with Gasteiger partial charge in [-0.15, -0.1) is 0 Å². The number of carbonyl (C=O) groups is 1. The molecule has 0 atom stereocenters. The topological polar surface area (TPSA) is 127 Å². The Morgan fingerprint density at radius 2 is 1.80 bits per heavy atom. The Kier molecular flexibility index (Phi) is 5.22. The van der Waals surface area contributed by atoms with Crippen LogP contribution < -0.4 is 10.6 Å². The van der Waals surface area contributed by atoms with E-state index in [0.717, 1.165) is 12.1 Å². The number of amides is 1. The summed E-state index contributed by atoms with van der Waals surface area (Å²) in [7, 11) is 0. The lowest BCUT2D eigenvalue weighted by atomic mass is 10.1. The summed E-state index contributed by atoms with van der Waals surface area (Å²) in [5.74, 6) is -1.50. The number of rotatable bonds is 6. The number of benzene rings is 2. The van der Waals surface area contributed by atoms with Gasteiger partial charge in [0, 0.05) is 17.8 Å². The van der Waals surface area contributed by atoms with Gasteiger partial charge in [0.25, 0.3) is 5.69 Å². The summed E-state index contributed by atoms with van der Waals surface area (Å²) in [5.41, 5.74) is -0.0526. The monoisotopic (exact) mass is 348 g/mol. The van der Waals surface area contributed by atoms with Gasteiger partial charge in [-0.2, -0.15) is 4.39 Å². The van der Waals surface area contributed by atoms with Gasteiger partial charge in [-0.25, -0.2) is 0 Å². The number of nitro benzene ring substituents is 2. The van der Waals surface area contributed by atoms with Gasteiger partial charge in [0.15, 0.2) is 0 Å². The van der Waals surface area contributed by atoms with Crippen molar-refractivity contribution in [3.05, 3.63) is 68.0 Å². The molecule has 2 aromatic carbocycles. The van der Waals surface area contributed by atoms with Crippen molar-refractivity contribution in [2.45, 2.75) is 6.92 Å². The molecular weight excluding hydrogens is 335 g/mol. The summed E-state index contributed by atoms with van der Waals surface area (Å²) in [6.07, 6.45) is 0. The first-order chi connectivity index (χ1) is 11.8. The summed E-state index contributed by atoms with van der Waals surface area (Å²) in [5, 5.41) is 26.7. The first-order valence-electron chi connectivity index (χ1n) is 7.01. The number of carbonyl (C=O) groups excluding carboxylic acids is 1. The van der Waals surface area contributed by atoms with Crippen molar-refractivity contribution < 1.29 is 19.0 Å². The van der Waals surface area contributed by atoms with Gasteiger partial charge >= 0.3 is 5.69 Å². The maximum absolute atomic E-state index is 13.3. The minimum Gasteiger partial charge on any atom is -0.376 e. The van der Waals surface area contributed by atoms with Crippen molar-refractivity contribution in [3.8, 4) is 0 Å². The summed E-state index contributed by atoms with van der Waals surface area (Å²) in [6.45, 7) is 1.25. The molecule has 1 amide bonds. The summed E-state index contributed by atoms with van der Waals surface area (Å²) < 4.78 is 13.3. The Balaban J connectivity index is 2.05. The largest absolute Gasteiger partial charge is 0.376 e. The molecule has 0 aliphatic heterocycles. The van der Waals surface area contributed by atoms with E-state index in [9.17, 15) is 29.4 Å². The zero-order chi connectivity index (χ0) is 18.6. The van der Waals surface area contributed by atoms with Gasteiger partial charge in [0.1, 0.15) is 0 Å². The third-order valence-corrected chi connectivity index (χ3v) is 3.37. The van der Waals surface area contributed by atoms with E-state index in [-0.39, 0.29) is 23.6 Å². The molecule has 2 aromatic rings. The summed E-state index contributed by atoms with van der Waals surface area (Å²) in [6, 6.07) is 7.43. The molecule has 2 N–H and O–H groups in total. The van der Waals surface area contributed by atoms with Crippen LogP contribution in [0.4, 0.5) is 27.1 Å². The average molecular weight is 348 g/mol. The second kappa shape index (κ2) is 7.34. The molecule has 9 nitrogen and oxygen atoms in total. The molecule has 0 fully saturated rings. The van der Waals surface area contributed by atoms with Crippen LogP contribution in [0.15, 0.2) is 36.4 Å². The van der Waals surface area contributed by atoms with Crippen molar-refractivity contribution >= 4 is 28.7 Å². The molecule has 0 saturated heterocycles. The van der Waals surface area contributed by atoms with E-state index in [2.05, 4.69) is 10.6 Å². The van der Waals surface area contributed by atoms with Crippen LogP contribution in [0.3, 0.4) is 0 Å². The molecule has 0 radical (unpaired) electrons. The maximum Gasteiger partial charge on any atom is 0.306 e. The Bertz CT molecular complexity index is 856. The summed E-state index contributed by atoms with van der Waals surface area (Å²) >= 11 is 0. The number of nitrogens with one attached hydrogen (secondary N) is 2. The standard InChI is InChI=1S/C15H13FN4O5/c1-9-12(3-2-4-13(9)19(22)23)18-15(21)8-17-10-5-6-11(16)14(7-10)20(24)25/h2-7,17H,8H2,1H3,(H,18,21). The molecule has 0 aliphatic carbocycles. The number of hydrogen-bond acceptors (Lipinski definition) is 6. The quantitative estimate of drug-likeness (QED) is 0.610. The Morgan fingerprint density at radius 1 is 1.12 bits per heavy atom. The van der Waals surface area contributed by atoms with Gasteiger partial charge < -0.3 is 10.6 Å². The molecule has 0 bridgehead atoms. The SMILES string of the molecule is Cc1c(NC(=O)CNc2ccc(F)c([N+](=O)[O-])c2)cccc1[N+](=O)[O-]. The predicted molar refractivity (Wildman–Crippen MR) is 88.0 cm³/mol. The minimum atomic E-state index is -0.979. The van der Waals surface area contributed by atoms with Gasteiger partial charge in [-0.3, -0.25) is 25.0 Å². The first kappa shape index (κ1) is 17.8. The van der Waals surface area contributed by atoms with Gasteiger partial charge in [0.05, 0.1) is 27.6 Å². The number of nitro groups is 2. The third kappa shape index (κ3) is 4.25. The van der Waals surface area contributed by atoms with E-state index in [1.807, 2.05) is 0 Å². The molecule has 10 heteroatoms. The zero-order valence-corrected chi connectivity index (χ0v) is 13.0. The van der Waals surface area contributed by atoms with Crippen LogP contribution in [0.1, 0.15) is 5.56 Å². The maximum atomic E-state index is 13.3. The van der Waals surface area contributed by atoms with Crippen LogP contribution in [0.5, 0.6) is 0 Å². The van der Waals surface area contributed by atoms with Crippen molar-refractivity contribution in [2.24, 2.45) is 0 Å². The first-order valence-corrected chi connectivity index (χ1v) is 7.01. The average Bonchev–Trinajstić information content (AvgIpc) is 2.55. The zero-order valence-electron chi connectivity index (χ0n) is 13.0. The van der Waals surface area contributed by atoms with E-state index in [0.29, 0.717) is 5.56 Å². The molecular formula is C15H13FN4O5. The molecule has 130 valence electrons. The highest BCUT2D eigenvalue weighted by Gasteiger charge is 2.16. The molecule has 0 aliphatic rings. The normalized spacial score (nSPS) is 10.2. The number of hydrogen-bond donors (Lipinski definition) is 2. The Morgan fingerprint density at radius 3 is 2.44 bits per heavy atom. The molecule has 0 saturated carbocycles. The van der Waals surface area contributed by atoms with Gasteiger partial charge in [0.2, 0.25) is 11.7 Å². The molecule has 2 rings (SSSR count). The molecule has 0 unspecified atom stereocenters. The van der Waals surface area contributed by atoms with Crippen molar-refractivity contribution in [1.29, 1.82) is 0 Å². The number of halogens is 1. The van der Waals surface area contributed by atoms with Crippen LogP contribution in [0.2, 0.25) is 0 Å². The number of nitrogens with zero attached hydrogens (tertiary/aromatic N) is 2. The lowest BCUT2D eigenvalue weighted by molar-refractivity contribution is -0.387. The van der Waals surface area contributed by atoms with E-state index in [4.69, 9.17) is 0 Å². The highest BCUT2D eigenvalue weighted by molar-refractivity contribution is 5.94. The van der Waals surface area contributed by atoms with Crippen LogP contribution in [-0.4, -0.2) is 22.3 Å². The van der Waals surface area contributed by atoms with Crippen LogP contribution in [0.25, 0.3) is 0 Å². The fourth-order valence-corrected chi connectivity index (χ4v) is 2.10. The van der Waals surface area contributed by atoms with E-state index in [1.54, 1.807) is 0 Å². The second-order valence-corrected chi connectivity index (χ2v) is 5.03. The van der Waals surface area contributed by atoms with Crippen LogP contribution in [-0.2, 0) is 4.79 Å². The summed E-state index contributed by atoms with van der Waals surface area (Å²) in [4.78, 5) is 32.1. The Labute approximate surface area is 140 Å². The smallest absolute Gasteiger partial charge is 0.306 e. The van der Waals surface area contributed by atoms with Gasteiger partial charge in [-0.1, -0.05) is 6.07 Å². The lowest BCUT2D eigenvalue weighted by Gasteiger charge is -2.10. The van der Waals surface area contributed by atoms with Crippen LogP contribution >= 0.6 is 0 Å². The molecule has 0 spiro atoms. The Hall–Kier alpha value is -3.56. The second-order valence-electron chi connectivity index (χ2n) is 5.03. The predicted octanol–water partition coefficient (Wildman–Crippen LogP) is 3.00. The van der Waals surface area contributed by atoms with E-state index < -0.39 is 27.3 Å². The molecule has 25 heavy (non-hydrogen) atoms.